The van der Waals surface area contributed by atoms with Gasteiger partial charge in [-0.25, -0.2) is 0 Å². The number of ether oxygens (including phenoxy) is 1. The quantitative estimate of drug-likeness (QED) is 0.787. The molecule has 27 heavy (non-hydrogen) atoms. The highest BCUT2D eigenvalue weighted by Gasteiger charge is 2.13. The van der Waals surface area contributed by atoms with Crippen molar-refractivity contribution in [1.29, 1.82) is 5.26 Å². The maximum atomic E-state index is 12.3. The van der Waals surface area contributed by atoms with Crippen LogP contribution in [0.3, 0.4) is 0 Å². The van der Waals surface area contributed by atoms with Crippen LogP contribution >= 0.6 is 0 Å². The molecule has 0 aromatic heterocycles. The maximum absolute atomic E-state index is 12.3. The summed E-state index contributed by atoms with van der Waals surface area (Å²) in [4.78, 5) is 16.4. The standard InChI is InChI=1S/C22H25N3O2/c1-24(22(26)17-27-21-11-7-18(15-23)8-12-21)16-19-5-9-20(10-6-19)25-13-3-2-4-14-25/h5-12H,2-4,13-14,16-17H2,1H3. The van der Waals surface area contributed by atoms with Crippen molar-refractivity contribution in [2.24, 2.45) is 0 Å². The number of hydrogen-bond donors (Lipinski definition) is 0. The van der Waals surface area contributed by atoms with Gasteiger partial charge in [-0.1, -0.05) is 12.1 Å². The van der Waals surface area contributed by atoms with E-state index in [9.17, 15) is 4.79 Å². The van der Waals surface area contributed by atoms with Crippen LogP contribution in [0.2, 0.25) is 0 Å². The second-order valence-electron chi connectivity index (χ2n) is 6.89. The Kier molecular flexibility index (Phi) is 6.32. The molecule has 1 heterocycles. The van der Waals surface area contributed by atoms with Gasteiger partial charge in [0.2, 0.25) is 0 Å². The molecular weight excluding hydrogens is 338 g/mol. The van der Waals surface area contributed by atoms with Crippen molar-refractivity contribution >= 4 is 11.6 Å². The number of amides is 1. The number of piperidine rings is 1. The Bertz CT molecular complexity index is 788. The van der Waals surface area contributed by atoms with E-state index in [1.54, 1.807) is 36.2 Å². The predicted octanol–water partition coefficient (Wildman–Crippen LogP) is 3.59. The Morgan fingerprint density at radius 1 is 1.07 bits per heavy atom. The summed E-state index contributed by atoms with van der Waals surface area (Å²) in [5.41, 5.74) is 2.93. The SMILES string of the molecule is CN(Cc1ccc(N2CCCCC2)cc1)C(=O)COc1ccc(C#N)cc1. The molecule has 2 aromatic carbocycles. The van der Waals surface area contributed by atoms with E-state index in [0.29, 0.717) is 17.9 Å². The molecule has 0 saturated carbocycles. The van der Waals surface area contributed by atoms with Crippen LogP contribution in [-0.4, -0.2) is 37.6 Å². The molecule has 1 aliphatic heterocycles. The smallest absolute Gasteiger partial charge is 0.260 e. The highest BCUT2D eigenvalue weighted by molar-refractivity contribution is 5.77. The van der Waals surface area contributed by atoms with Crippen molar-refractivity contribution in [2.45, 2.75) is 25.8 Å². The van der Waals surface area contributed by atoms with Crippen LogP contribution in [0, 0.1) is 11.3 Å². The molecule has 0 N–H and O–H groups in total. The first kappa shape index (κ1) is 18.8. The van der Waals surface area contributed by atoms with Crippen molar-refractivity contribution < 1.29 is 9.53 Å². The number of carbonyl (C=O) groups excluding carboxylic acids is 1. The molecule has 0 unspecified atom stereocenters. The fourth-order valence-corrected chi connectivity index (χ4v) is 3.21. The van der Waals surface area contributed by atoms with Gasteiger partial charge in [-0.05, 0) is 61.2 Å². The molecule has 1 fully saturated rings. The van der Waals surface area contributed by atoms with E-state index in [2.05, 4.69) is 35.2 Å². The Morgan fingerprint density at radius 3 is 2.37 bits per heavy atom. The third-order valence-electron chi connectivity index (χ3n) is 4.85. The van der Waals surface area contributed by atoms with Crippen LogP contribution in [0.5, 0.6) is 5.75 Å². The molecule has 0 atom stereocenters. The third kappa shape index (κ3) is 5.24. The number of likely N-dealkylation sites (N-methyl/N-ethyl adjacent to an activating group) is 1. The fraction of sp³-hybridized carbons (Fsp3) is 0.364. The van der Waals surface area contributed by atoms with Crippen molar-refractivity contribution in [3.05, 3.63) is 59.7 Å². The molecule has 1 saturated heterocycles. The first-order valence-corrected chi connectivity index (χ1v) is 9.36. The van der Waals surface area contributed by atoms with Crippen LogP contribution in [0.25, 0.3) is 0 Å². The Hall–Kier alpha value is -3.00. The Labute approximate surface area is 160 Å². The normalized spacial score (nSPS) is 13.7. The number of anilines is 1. The zero-order valence-electron chi connectivity index (χ0n) is 15.7. The number of rotatable bonds is 6. The van der Waals surface area contributed by atoms with E-state index in [0.717, 1.165) is 18.7 Å². The van der Waals surface area contributed by atoms with Crippen LogP contribution in [0.15, 0.2) is 48.5 Å². The molecule has 1 aliphatic rings. The fourth-order valence-electron chi connectivity index (χ4n) is 3.21. The van der Waals surface area contributed by atoms with Crippen LogP contribution in [-0.2, 0) is 11.3 Å². The van der Waals surface area contributed by atoms with E-state index >= 15 is 0 Å². The summed E-state index contributed by atoms with van der Waals surface area (Å²) < 4.78 is 5.52. The van der Waals surface area contributed by atoms with Gasteiger partial charge in [-0.2, -0.15) is 5.26 Å². The largest absolute Gasteiger partial charge is 0.484 e. The number of hydrogen-bond acceptors (Lipinski definition) is 4. The first-order valence-electron chi connectivity index (χ1n) is 9.36. The maximum Gasteiger partial charge on any atom is 0.260 e. The average molecular weight is 363 g/mol. The number of nitriles is 1. The molecule has 0 aliphatic carbocycles. The topological polar surface area (TPSA) is 56.6 Å². The zero-order valence-corrected chi connectivity index (χ0v) is 15.7. The molecule has 3 rings (SSSR count). The van der Waals surface area contributed by atoms with E-state index in [-0.39, 0.29) is 12.5 Å². The summed E-state index contributed by atoms with van der Waals surface area (Å²) in [6.45, 7) is 2.79. The van der Waals surface area contributed by atoms with Crippen molar-refractivity contribution in [2.75, 3.05) is 31.6 Å². The van der Waals surface area contributed by atoms with Gasteiger partial charge in [0.1, 0.15) is 5.75 Å². The molecule has 5 heteroatoms. The zero-order chi connectivity index (χ0) is 19.1. The monoisotopic (exact) mass is 363 g/mol. The lowest BCUT2D eigenvalue weighted by molar-refractivity contribution is -0.132. The summed E-state index contributed by atoms with van der Waals surface area (Å²) in [6.07, 6.45) is 3.85. The van der Waals surface area contributed by atoms with Crippen LogP contribution in [0.1, 0.15) is 30.4 Å². The van der Waals surface area contributed by atoms with Crippen LogP contribution < -0.4 is 9.64 Å². The van der Waals surface area contributed by atoms with Gasteiger partial charge in [0.15, 0.2) is 6.61 Å². The lowest BCUT2D eigenvalue weighted by Gasteiger charge is -2.29. The summed E-state index contributed by atoms with van der Waals surface area (Å²) in [5.74, 6) is 0.501. The molecule has 2 aromatic rings. The van der Waals surface area contributed by atoms with E-state index < -0.39 is 0 Å². The predicted molar refractivity (Wildman–Crippen MR) is 106 cm³/mol. The van der Waals surface area contributed by atoms with Gasteiger partial charge in [0, 0.05) is 32.4 Å². The summed E-state index contributed by atoms with van der Waals surface area (Å²) in [6, 6.07) is 17.3. The average Bonchev–Trinajstić information content (AvgIpc) is 2.73. The van der Waals surface area contributed by atoms with Gasteiger partial charge >= 0.3 is 0 Å². The van der Waals surface area contributed by atoms with Gasteiger partial charge in [-0.3, -0.25) is 4.79 Å². The third-order valence-corrected chi connectivity index (χ3v) is 4.85. The van der Waals surface area contributed by atoms with E-state index in [4.69, 9.17) is 10.00 Å². The minimum atomic E-state index is -0.0838. The van der Waals surface area contributed by atoms with Gasteiger partial charge in [0.05, 0.1) is 11.6 Å². The summed E-state index contributed by atoms with van der Waals surface area (Å²) in [5, 5.41) is 8.80. The van der Waals surface area contributed by atoms with E-state index in [1.165, 1.54) is 24.9 Å². The highest BCUT2D eigenvalue weighted by atomic mass is 16.5. The summed E-state index contributed by atoms with van der Waals surface area (Å²) in [7, 11) is 1.78. The molecule has 5 nitrogen and oxygen atoms in total. The molecule has 140 valence electrons. The van der Waals surface area contributed by atoms with Crippen molar-refractivity contribution in [3.8, 4) is 11.8 Å². The summed E-state index contributed by atoms with van der Waals surface area (Å²) >= 11 is 0. The Balaban J connectivity index is 1.49. The van der Waals surface area contributed by atoms with Gasteiger partial charge in [-0.15, -0.1) is 0 Å². The minimum absolute atomic E-state index is 0.0196. The molecular formula is C22H25N3O2. The first-order chi connectivity index (χ1) is 13.2. The Morgan fingerprint density at radius 2 is 1.74 bits per heavy atom. The second-order valence-corrected chi connectivity index (χ2v) is 6.89. The lowest BCUT2D eigenvalue weighted by atomic mass is 10.1. The van der Waals surface area contributed by atoms with Gasteiger partial charge in [0.25, 0.3) is 5.91 Å². The van der Waals surface area contributed by atoms with Gasteiger partial charge < -0.3 is 14.5 Å². The lowest BCUT2D eigenvalue weighted by Crippen LogP contribution is -2.31. The minimum Gasteiger partial charge on any atom is -0.484 e. The molecule has 1 amide bonds. The number of carbonyl (C=O) groups is 1. The van der Waals surface area contributed by atoms with E-state index in [1.807, 2.05) is 0 Å². The molecule has 0 bridgehead atoms. The van der Waals surface area contributed by atoms with Crippen LogP contribution in [0.4, 0.5) is 5.69 Å². The highest BCUT2D eigenvalue weighted by Crippen LogP contribution is 2.20. The van der Waals surface area contributed by atoms with Crippen molar-refractivity contribution in [1.82, 2.24) is 4.90 Å². The number of nitrogens with zero attached hydrogens (tertiary/aromatic N) is 3. The second kappa shape index (κ2) is 9.09. The van der Waals surface area contributed by atoms with Crippen molar-refractivity contribution in [3.63, 3.8) is 0 Å². The molecule has 0 radical (unpaired) electrons. The number of benzene rings is 2. The molecule has 0 spiro atoms.